The van der Waals surface area contributed by atoms with Crippen LogP contribution in [0, 0.1) is 0 Å². The molecule has 0 amide bonds. The topological polar surface area (TPSA) is 87.6 Å². The summed E-state index contributed by atoms with van der Waals surface area (Å²) in [4.78, 5) is 0. The molecule has 56 valence electrons. The highest BCUT2D eigenvalue weighted by molar-refractivity contribution is 7.53. The molecule has 0 fully saturated rings. The lowest BCUT2D eigenvalue weighted by Gasteiger charge is -2.11. The summed E-state index contributed by atoms with van der Waals surface area (Å²) in [6.07, 6.45) is -0.138. The van der Waals surface area contributed by atoms with Gasteiger partial charge >= 0.3 is 7.60 Å². The van der Waals surface area contributed by atoms with Gasteiger partial charge in [-0.2, -0.15) is 0 Å². The van der Waals surface area contributed by atoms with Crippen molar-refractivity contribution >= 4 is 7.60 Å². The Balaban J connectivity index is 3.78. The van der Waals surface area contributed by atoms with Crippen LogP contribution in [0.15, 0.2) is 0 Å². The second-order valence-corrected chi connectivity index (χ2v) is 3.48. The van der Waals surface area contributed by atoms with Gasteiger partial charge in [0.05, 0.1) is 6.29 Å². The summed E-state index contributed by atoms with van der Waals surface area (Å²) in [7, 11) is -1.76. The average molecular weight is 154 g/mol. The Hall–Kier alpha value is 0.0700. The Kier molecular flexibility index (Phi) is 4.01. The molecule has 0 aliphatic rings. The van der Waals surface area contributed by atoms with Gasteiger partial charge in [0.15, 0.2) is 0 Å². The Bertz CT molecular complexity index is 110. The van der Waals surface area contributed by atoms with E-state index in [-0.39, 0.29) is 13.0 Å². The molecule has 9 heavy (non-hydrogen) atoms. The first kappa shape index (κ1) is 9.07. The van der Waals surface area contributed by atoms with Gasteiger partial charge in [0.25, 0.3) is 0 Å². The van der Waals surface area contributed by atoms with Crippen LogP contribution in [0.3, 0.4) is 0 Å². The third kappa shape index (κ3) is 2.93. The molecule has 0 saturated carbocycles. The Morgan fingerprint density at radius 2 is 2.11 bits per heavy atom. The van der Waals surface area contributed by atoms with Crippen LogP contribution in [0.1, 0.15) is 0 Å². The fourth-order valence-electron chi connectivity index (χ4n) is 0.294. The lowest BCUT2D eigenvalue weighted by molar-refractivity contribution is 0.240. The van der Waals surface area contributed by atoms with Crippen molar-refractivity contribution in [1.82, 2.24) is 0 Å². The maximum atomic E-state index is 10.9. The van der Waals surface area contributed by atoms with Gasteiger partial charge in [-0.3, -0.25) is 9.09 Å². The molecular weight excluding hydrogens is 143 g/mol. The first-order valence-electron chi connectivity index (χ1n) is 2.38. The molecule has 6 heteroatoms. The molecule has 1 atom stereocenters. The number of rotatable bonds is 4. The Morgan fingerprint density at radius 1 is 1.56 bits per heavy atom. The van der Waals surface area contributed by atoms with E-state index < -0.39 is 7.60 Å². The third-order valence-electron chi connectivity index (χ3n) is 0.773. The highest BCUT2D eigenvalue weighted by atomic mass is 31.2. The van der Waals surface area contributed by atoms with Crippen molar-refractivity contribution in [2.45, 2.75) is 0 Å². The van der Waals surface area contributed by atoms with E-state index in [1.165, 1.54) is 7.11 Å². The summed E-state index contributed by atoms with van der Waals surface area (Å²) >= 11 is 0. The monoisotopic (exact) mass is 154 g/mol. The minimum absolute atomic E-state index is 0.137. The smallest absolute Gasteiger partial charge is 0.320 e. The van der Waals surface area contributed by atoms with Gasteiger partial charge in [0.1, 0.15) is 6.73 Å². The van der Waals surface area contributed by atoms with E-state index in [1.807, 2.05) is 0 Å². The maximum Gasteiger partial charge on any atom is 0.345 e. The van der Waals surface area contributed by atoms with Crippen LogP contribution < -0.4 is 11.5 Å². The molecule has 0 aliphatic carbocycles. The minimum atomic E-state index is -3.03. The summed E-state index contributed by atoms with van der Waals surface area (Å²) in [5.74, 6) is 0. The Morgan fingerprint density at radius 3 is 2.22 bits per heavy atom. The summed E-state index contributed by atoms with van der Waals surface area (Å²) in [5, 5.41) is 0. The van der Waals surface area contributed by atoms with E-state index in [4.69, 9.17) is 11.5 Å². The zero-order chi connectivity index (χ0) is 7.33. The molecule has 0 aromatic heterocycles. The van der Waals surface area contributed by atoms with E-state index >= 15 is 0 Å². The van der Waals surface area contributed by atoms with Crippen molar-refractivity contribution < 1.29 is 13.6 Å². The predicted molar refractivity (Wildman–Crippen MR) is 33.8 cm³/mol. The zero-order valence-corrected chi connectivity index (χ0v) is 6.14. The zero-order valence-electron chi connectivity index (χ0n) is 5.24. The molecule has 0 rings (SSSR count). The van der Waals surface area contributed by atoms with Crippen LogP contribution in [0.4, 0.5) is 0 Å². The van der Waals surface area contributed by atoms with E-state index in [2.05, 4.69) is 9.05 Å². The van der Waals surface area contributed by atoms with Gasteiger partial charge in [-0.1, -0.05) is 0 Å². The minimum Gasteiger partial charge on any atom is -0.320 e. The quantitative estimate of drug-likeness (QED) is 0.427. The normalized spacial score (nSPS) is 17.2. The molecule has 5 nitrogen and oxygen atoms in total. The maximum absolute atomic E-state index is 10.9. The largest absolute Gasteiger partial charge is 0.345 e. The lowest BCUT2D eigenvalue weighted by Crippen LogP contribution is -2.10. The third-order valence-corrected chi connectivity index (χ3v) is 2.32. The molecule has 4 N–H and O–H groups in total. The van der Waals surface area contributed by atoms with Gasteiger partial charge in [0.2, 0.25) is 0 Å². The van der Waals surface area contributed by atoms with E-state index in [1.54, 1.807) is 0 Å². The van der Waals surface area contributed by atoms with Crippen LogP contribution in [-0.4, -0.2) is 20.1 Å². The molecule has 1 unspecified atom stereocenters. The number of hydrogen-bond donors (Lipinski definition) is 2. The SMILES string of the molecule is COP(=O)(CN)OCN. The molecular formula is C3H11N2O3P. The molecule has 0 heterocycles. The second kappa shape index (κ2) is 3.98. The predicted octanol–water partition coefficient (Wildman–Crippen LogP) is -0.325. The summed E-state index contributed by atoms with van der Waals surface area (Å²) in [6.45, 7) is -0.137. The molecule has 0 radical (unpaired) electrons. The van der Waals surface area contributed by atoms with Crippen molar-refractivity contribution in [3.05, 3.63) is 0 Å². The van der Waals surface area contributed by atoms with E-state index in [0.717, 1.165) is 0 Å². The van der Waals surface area contributed by atoms with E-state index in [0.29, 0.717) is 0 Å². The van der Waals surface area contributed by atoms with Gasteiger partial charge in [-0.25, -0.2) is 0 Å². The highest BCUT2D eigenvalue weighted by Crippen LogP contribution is 2.44. The summed E-state index contributed by atoms with van der Waals surface area (Å²) < 4.78 is 19.9. The molecule has 0 aliphatic heterocycles. The molecule has 0 aromatic carbocycles. The standard InChI is InChI=1S/C3H11N2O3P/c1-7-9(6,3-5)8-2-4/h2-5H2,1H3. The van der Waals surface area contributed by atoms with Gasteiger partial charge in [-0.15, -0.1) is 0 Å². The van der Waals surface area contributed by atoms with Crippen molar-refractivity contribution in [1.29, 1.82) is 0 Å². The van der Waals surface area contributed by atoms with Crippen LogP contribution in [0.5, 0.6) is 0 Å². The molecule has 0 saturated heterocycles. The summed E-state index contributed by atoms with van der Waals surface area (Å²) in [5.41, 5.74) is 9.97. The molecule has 0 aromatic rings. The van der Waals surface area contributed by atoms with Crippen LogP contribution in [0.25, 0.3) is 0 Å². The molecule has 0 spiro atoms. The van der Waals surface area contributed by atoms with Gasteiger partial charge in [-0.05, 0) is 0 Å². The number of hydrogen-bond acceptors (Lipinski definition) is 5. The fraction of sp³-hybridized carbons (Fsp3) is 1.00. The summed E-state index contributed by atoms with van der Waals surface area (Å²) in [6, 6.07) is 0. The van der Waals surface area contributed by atoms with Crippen LogP contribution >= 0.6 is 7.60 Å². The van der Waals surface area contributed by atoms with Gasteiger partial charge in [0, 0.05) is 7.11 Å². The average Bonchev–Trinajstić information content (AvgIpc) is 1.89. The fourth-order valence-corrected chi connectivity index (χ4v) is 0.881. The first-order chi connectivity index (χ1) is 4.18. The van der Waals surface area contributed by atoms with E-state index in [9.17, 15) is 4.57 Å². The lowest BCUT2D eigenvalue weighted by atomic mass is 11.4. The number of nitrogens with two attached hydrogens (primary N) is 2. The van der Waals surface area contributed by atoms with Gasteiger partial charge < -0.3 is 16.0 Å². The van der Waals surface area contributed by atoms with Crippen LogP contribution in [-0.2, 0) is 13.6 Å². The highest BCUT2D eigenvalue weighted by Gasteiger charge is 2.18. The first-order valence-corrected chi connectivity index (χ1v) is 4.11. The second-order valence-electron chi connectivity index (χ2n) is 1.27. The van der Waals surface area contributed by atoms with Crippen molar-refractivity contribution in [2.24, 2.45) is 11.5 Å². The van der Waals surface area contributed by atoms with Crippen molar-refractivity contribution in [3.8, 4) is 0 Å². The Labute approximate surface area is 53.8 Å². The van der Waals surface area contributed by atoms with Crippen molar-refractivity contribution in [3.63, 3.8) is 0 Å². The molecule has 0 bridgehead atoms. The van der Waals surface area contributed by atoms with Crippen LogP contribution in [0.2, 0.25) is 0 Å². The van der Waals surface area contributed by atoms with Crippen molar-refractivity contribution in [2.75, 3.05) is 20.1 Å².